The molecule has 0 amide bonds. The summed E-state index contributed by atoms with van der Waals surface area (Å²) in [4.78, 5) is 0. The third kappa shape index (κ3) is 2.87. The number of aliphatic hydroxyl groups excluding tert-OH is 1. The highest BCUT2D eigenvalue weighted by Gasteiger charge is 2.43. The van der Waals surface area contributed by atoms with Crippen LogP contribution in [0.3, 0.4) is 0 Å². The average molecular weight is 255 g/mol. The van der Waals surface area contributed by atoms with Gasteiger partial charge in [0, 0.05) is 0 Å². The first-order valence-corrected chi connectivity index (χ1v) is 5.98. The molecule has 1 fully saturated rings. The number of alkyl halides is 1. The standard InChI is InChI=1S/C13H18FNO3/c1-8-11(15)12(10(14)13(16)18-8)17-7-9-5-3-2-4-6-9/h2-6,8,10-13,16H,7,15H2,1H3/t8-,10+,11+,12-,13-/m0/s1. The van der Waals surface area contributed by atoms with Crippen LogP contribution in [-0.4, -0.2) is 35.8 Å². The molecular formula is C13H18FNO3. The van der Waals surface area contributed by atoms with E-state index in [1.165, 1.54) is 0 Å². The van der Waals surface area contributed by atoms with E-state index >= 15 is 0 Å². The Morgan fingerprint density at radius 2 is 2.06 bits per heavy atom. The van der Waals surface area contributed by atoms with Crippen LogP contribution < -0.4 is 5.73 Å². The van der Waals surface area contributed by atoms with E-state index < -0.39 is 30.7 Å². The summed E-state index contributed by atoms with van der Waals surface area (Å²) in [7, 11) is 0. The van der Waals surface area contributed by atoms with Crippen LogP contribution in [-0.2, 0) is 16.1 Å². The minimum absolute atomic E-state index is 0.263. The van der Waals surface area contributed by atoms with Crippen LogP contribution in [0.4, 0.5) is 4.39 Å². The molecule has 1 aromatic rings. The molecule has 0 aliphatic carbocycles. The molecule has 3 N–H and O–H groups in total. The molecule has 0 radical (unpaired) electrons. The second-order valence-electron chi connectivity index (χ2n) is 4.51. The van der Waals surface area contributed by atoms with Crippen LogP contribution in [0.1, 0.15) is 12.5 Å². The van der Waals surface area contributed by atoms with Gasteiger partial charge in [0.05, 0.1) is 18.8 Å². The molecular weight excluding hydrogens is 237 g/mol. The Morgan fingerprint density at radius 3 is 2.72 bits per heavy atom. The van der Waals surface area contributed by atoms with Crippen LogP contribution in [0.2, 0.25) is 0 Å². The minimum Gasteiger partial charge on any atom is -0.369 e. The molecule has 1 aliphatic heterocycles. The maximum absolute atomic E-state index is 13.8. The van der Waals surface area contributed by atoms with Crippen molar-refractivity contribution in [3.63, 3.8) is 0 Å². The predicted octanol–water partition coefficient (Wildman–Crippen LogP) is 0.974. The Labute approximate surface area is 106 Å². The summed E-state index contributed by atoms with van der Waals surface area (Å²) >= 11 is 0. The molecule has 0 saturated carbocycles. The fourth-order valence-electron chi connectivity index (χ4n) is 2.00. The van der Waals surface area contributed by atoms with Gasteiger partial charge in [0.15, 0.2) is 12.5 Å². The Bertz CT molecular complexity index is 362. The lowest BCUT2D eigenvalue weighted by Gasteiger charge is -2.38. The summed E-state index contributed by atoms with van der Waals surface area (Å²) in [5, 5.41) is 9.40. The topological polar surface area (TPSA) is 64.7 Å². The van der Waals surface area contributed by atoms with Crippen LogP contribution in [0, 0.1) is 0 Å². The lowest BCUT2D eigenvalue weighted by Crippen LogP contribution is -2.59. The molecule has 1 saturated heterocycles. The monoisotopic (exact) mass is 255 g/mol. The molecule has 1 aromatic carbocycles. The zero-order chi connectivity index (χ0) is 13.1. The maximum atomic E-state index is 13.8. The average Bonchev–Trinajstić information content (AvgIpc) is 2.38. The van der Waals surface area contributed by atoms with Gasteiger partial charge in [-0.25, -0.2) is 4.39 Å². The van der Waals surface area contributed by atoms with E-state index in [0.29, 0.717) is 0 Å². The van der Waals surface area contributed by atoms with E-state index in [0.717, 1.165) is 5.56 Å². The van der Waals surface area contributed by atoms with E-state index in [2.05, 4.69) is 0 Å². The van der Waals surface area contributed by atoms with Gasteiger partial charge in [0.1, 0.15) is 6.10 Å². The first-order chi connectivity index (χ1) is 8.59. The molecule has 0 unspecified atom stereocenters. The number of benzene rings is 1. The highest BCUT2D eigenvalue weighted by atomic mass is 19.1. The largest absolute Gasteiger partial charge is 0.369 e. The van der Waals surface area contributed by atoms with Crippen molar-refractivity contribution < 1.29 is 19.0 Å². The molecule has 1 aliphatic rings. The first-order valence-electron chi connectivity index (χ1n) is 5.98. The van der Waals surface area contributed by atoms with Crippen molar-refractivity contribution in [1.29, 1.82) is 0 Å². The van der Waals surface area contributed by atoms with Crippen molar-refractivity contribution in [3.8, 4) is 0 Å². The summed E-state index contributed by atoms with van der Waals surface area (Å²) in [6.07, 6.45) is -4.39. The maximum Gasteiger partial charge on any atom is 0.189 e. The number of nitrogens with two attached hydrogens (primary N) is 1. The van der Waals surface area contributed by atoms with Crippen LogP contribution in [0.15, 0.2) is 30.3 Å². The van der Waals surface area contributed by atoms with E-state index in [1.807, 2.05) is 30.3 Å². The molecule has 0 spiro atoms. The summed E-state index contributed by atoms with van der Waals surface area (Å²) in [6.45, 7) is 1.96. The van der Waals surface area contributed by atoms with Gasteiger partial charge < -0.3 is 20.3 Å². The molecule has 18 heavy (non-hydrogen) atoms. The van der Waals surface area contributed by atoms with Crippen molar-refractivity contribution in [2.45, 2.75) is 44.2 Å². The van der Waals surface area contributed by atoms with Gasteiger partial charge >= 0.3 is 0 Å². The van der Waals surface area contributed by atoms with Gasteiger partial charge in [-0.3, -0.25) is 0 Å². The van der Waals surface area contributed by atoms with Crippen molar-refractivity contribution >= 4 is 0 Å². The fraction of sp³-hybridized carbons (Fsp3) is 0.538. The predicted molar refractivity (Wildman–Crippen MR) is 64.4 cm³/mol. The normalized spacial score (nSPS) is 36.6. The molecule has 0 bridgehead atoms. The third-order valence-electron chi connectivity index (χ3n) is 3.15. The van der Waals surface area contributed by atoms with Gasteiger partial charge in [-0.1, -0.05) is 30.3 Å². The summed E-state index contributed by atoms with van der Waals surface area (Å²) in [5.74, 6) is 0. The quantitative estimate of drug-likeness (QED) is 0.845. The summed E-state index contributed by atoms with van der Waals surface area (Å²) in [5.41, 5.74) is 6.77. The van der Waals surface area contributed by atoms with E-state index in [1.54, 1.807) is 6.92 Å². The molecule has 5 atom stereocenters. The number of rotatable bonds is 3. The molecule has 1 heterocycles. The van der Waals surface area contributed by atoms with E-state index in [4.69, 9.17) is 15.2 Å². The zero-order valence-electron chi connectivity index (χ0n) is 10.2. The number of aliphatic hydroxyl groups is 1. The second kappa shape index (κ2) is 5.75. The Hall–Kier alpha value is -1.01. The van der Waals surface area contributed by atoms with E-state index in [9.17, 15) is 9.50 Å². The van der Waals surface area contributed by atoms with Crippen molar-refractivity contribution in [2.75, 3.05) is 0 Å². The van der Waals surface area contributed by atoms with Gasteiger partial charge in [0.2, 0.25) is 0 Å². The molecule has 100 valence electrons. The highest BCUT2D eigenvalue weighted by Crippen LogP contribution is 2.24. The minimum atomic E-state index is -1.63. The van der Waals surface area contributed by atoms with Crippen molar-refractivity contribution in [1.82, 2.24) is 0 Å². The third-order valence-corrected chi connectivity index (χ3v) is 3.15. The van der Waals surface area contributed by atoms with Gasteiger partial charge in [-0.2, -0.15) is 0 Å². The van der Waals surface area contributed by atoms with Crippen LogP contribution in [0.25, 0.3) is 0 Å². The SMILES string of the molecule is C[C@@H]1O[C@H](O)[C@H](F)[C@H](OCc2ccccc2)[C@@H]1N. The summed E-state index contributed by atoms with van der Waals surface area (Å²) < 4.78 is 24.3. The lowest BCUT2D eigenvalue weighted by molar-refractivity contribution is -0.241. The van der Waals surface area contributed by atoms with Gasteiger partial charge in [-0.05, 0) is 12.5 Å². The van der Waals surface area contributed by atoms with Crippen molar-refractivity contribution in [3.05, 3.63) is 35.9 Å². The molecule has 0 aromatic heterocycles. The number of hydrogen-bond acceptors (Lipinski definition) is 4. The second-order valence-corrected chi connectivity index (χ2v) is 4.51. The molecule has 2 rings (SSSR count). The number of ether oxygens (including phenoxy) is 2. The van der Waals surface area contributed by atoms with Gasteiger partial charge in [0.25, 0.3) is 0 Å². The number of halogens is 1. The Balaban J connectivity index is 1.98. The molecule has 5 heteroatoms. The van der Waals surface area contributed by atoms with Crippen molar-refractivity contribution in [2.24, 2.45) is 5.73 Å². The smallest absolute Gasteiger partial charge is 0.189 e. The fourth-order valence-corrected chi connectivity index (χ4v) is 2.00. The van der Waals surface area contributed by atoms with E-state index in [-0.39, 0.29) is 6.61 Å². The zero-order valence-corrected chi connectivity index (χ0v) is 10.2. The highest BCUT2D eigenvalue weighted by molar-refractivity contribution is 5.13. The van der Waals surface area contributed by atoms with Crippen LogP contribution in [0.5, 0.6) is 0 Å². The van der Waals surface area contributed by atoms with Crippen LogP contribution >= 0.6 is 0 Å². The summed E-state index contributed by atoms with van der Waals surface area (Å²) in [6, 6.07) is 8.84. The Kier molecular flexibility index (Phi) is 4.29. The number of hydrogen-bond donors (Lipinski definition) is 2. The Morgan fingerprint density at radius 1 is 1.39 bits per heavy atom. The van der Waals surface area contributed by atoms with Gasteiger partial charge in [-0.15, -0.1) is 0 Å². The first kappa shape index (κ1) is 13.4. The lowest BCUT2D eigenvalue weighted by atomic mass is 9.98. The molecule has 4 nitrogen and oxygen atoms in total.